The van der Waals surface area contributed by atoms with Crippen LogP contribution in [0.5, 0.6) is 0 Å². The molecule has 19 heavy (non-hydrogen) atoms. The van der Waals surface area contributed by atoms with Crippen molar-refractivity contribution in [3.05, 3.63) is 64.2 Å². The molecular weight excluding hydrogens is 278 g/mol. The molecule has 0 spiro atoms. The molecule has 1 unspecified atom stereocenters. The number of hydrogen-bond donors (Lipinski definition) is 1. The lowest BCUT2D eigenvalue weighted by atomic mass is 10.1. The molecule has 0 saturated heterocycles. The Hall–Kier alpha value is -1.32. The molecular formula is C15H16ClNOS. The van der Waals surface area contributed by atoms with Gasteiger partial charge in [0.05, 0.1) is 0 Å². The van der Waals surface area contributed by atoms with Crippen LogP contribution in [0.1, 0.15) is 16.7 Å². The van der Waals surface area contributed by atoms with Crippen molar-refractivity contribution in [2.24, 2.45) is 0 Å². The van der Waals surface area contributed by atoms with Crippen LogP contribution in [-0.2, 0) is 22.3 Å². The number of nitrogens with two attached hydrogens (primary N) is 1. The Morgan fingerprint density at radius 2 is 1.79 bits per heavy atom. The molecule has 0 aliphatic carbocycles. The fraction of sp³-hybridized carbons (Fsp3) is 0.200. The van der Waals surface area contributed by atoms with Crippen molar-refractivity contribution in [1.29, 1.82) is 0 Å². The van der Waals surface area contributed by atoms with E-state index in [-0.39, 0.29) is 0 Å². The maximum atomic E-state index is 12.2. The highest BCUT2D eigenvalue weighted by atomic mass is 35.5. The van der Waals surface area contributed by atoms with Crippen molar-refractivity contribution >= 4 is 28.1 Å². The molecule has 0 aromatic heterocycles. The Balaban J connectivity index is 2.05. The van der Waals surface area contributed by atoms with Crippen LogP contribution in [0.25, 0.3) is 0 Å². The van der Waals surface area contributed by atoms with Crippen molar-refractivity contribution in [3.8, 4) is 0 Å². The standard InChI is InChI=1S/C15H16ClNOS/c1-11-13(3-2-4-15(11)17)10-19(18)9-12-5-7-14(16)8-6-12/h2-8H,9-10,17H2,1H3. The summed E-state index contributed by atoms with van der Waals surface area (Å²) in [6, 6.07) is 13.2. The summed E-state index contributed by atoms with van der Waals surface area (Å²) >= 11 is 5.83. The van der Waals surface area contributed by atoms with E-state index >= 15 is 0 Å². The van der Waals surface area contributed by atoms with Gasteiger partial charge in [0.1, 0.15) is 0 Å². The summed E-state index contributed by atoms with van der Waals surface area (Å²) in [4.78, 5) is 0. The van der Waals surface area contributed by atoms with Gasteiger partial charge in [-0.05, 0) is 41.8 Å². The van der Waals surface area contributed by atoms with E-state index in [2.05, 4.69) is 0 Å². The van der Waals surface area contributed by atoms with Crippen molar-refractivity contribution in [2.75, 3.05) is 5.73 Å². The quantitative estimate of drug-likeness (QED) is 0.874. The Labute approximate surface area is 121 Å². The van der Waals surface area contributed by atoms with E-state index in [1.165, 1.54) is 0 Å². The van der Waals surface area contributed by atoms with Gasteiger partial charge in [-0.1, -0.05) is 35.9 Å². The average Bonchev–Trinajstić information content (AvgIpc) is 2.38. The van der Waals surface area contributed by atoms with E-state index < -0.39 is 10.8 Å². The molecule has 0 aliphatic rings. The molecule has 0 heterocycles. The molecule has 2 aromatic carbocycles. The van der Waals surface area contributed by atoms with Gasteiger partial charge in [-0.25, -0.2) is 0 Å². The van der Waals surface area contributed by atoms with Crippen LogP contribution >= 0.6 is 11.6 Å². The number of anilines is 1. The predicted octanol–water partition coefficient (Wildman–Crippen LogP) is 3.68. The summed E-state index contributed by atoms with van der Waals surface area (Å²) < 4.78 is 12.2. The zero-order valence-corrected chi connectivity index (χ0v) is 12.3. The van der Waals surface area contributed by atoms with Gasteiger partial charge in [0.15, 0.2) is 0 Å². The van der Waals surface area contributed by atoms with Gasteiger partial charge in [0.2, 0.25) is 0 Å². The Kier molecular flexibility index (Phi) is 4.61. The molecule has 2 N–H and O–H groups in total. The first kappa shape index (κ1) is 14.1. The Morgan fingerprint density at radius 1 is 1.11 bits per heavy atom. The van der Waals surface area contributed by atoms with Crippen LogP contribution in [0.3, 0.4) is 0 Å². The first-order valence-electron chi connectivity index (χ1n) is 5.99. The third-order valence-electron chi connectivity index (χ3n) is 3.05. The smallest absolute Gasteiger partial charge is 0.0492 e. The van der Waals surface area contributed by atoms with Crippen molar-refractivity contribution < 1.29 is 4.21 Å². The predicted molar refractivity (Wildman–Crippen MR) is 82.6 cm³/mol. The minimum absolute atomic E-state index is 0.527. The zero-order chi connectivity index (χ0) is 13.8. The van der Waals surface area contributed by atoms with Gasteiger partial charge in [0, 0.05) is 33.0 Å². The van der Waals surface area contributed by atoms with Gasteiger partial charge in [-0.15, -0.1) is 0 Å². The minimum Gasteiger partial charge on any atom is -0.399 e. The molecule has 0 bridgehead atoms. The van der Waals surface area contributed by atoms with E-state index in [9.17, 15) is 4.21 Å². The van der Waals surface area contributed by atoms with Crippen molar-refractivity contribution in [1.82, 2.24) is 0 Å². The Morgan fingerprint density at radius 3 is 2.47 bits per heavy atom. The lowest BCUT2D eigenvalue weighted by molar-refractivity contribution is 0.682. The van der Waals surface area contributed by atoms with Gasteiger partial charge in [-0.2, -0.15) is 0 Å². The SMILES string of the molecule is Cc1c(N)cccc1CS(=O)Cc1ccc(Cl)cc1. The summed E-state index contributed by atoms with van der Waals surface area (Å²) in [6.45, 7) is 1.96. The second-order valence-electron chi connectivity index (χ2n) is 4.49. The number of benzene rings is 2. The first-order valence-corrected chi connectivity index (χ1v) is 7.86. The number of rotatable bonds is 4. The largest absolute Gasteiger partial charge is 0.399 e. The molecule has 1 atom stereocenters. The van der Waals surface area contributed by atoms with Gasteiger partial charge in [-0.3, -0.25) is 4.21 Å². The Bertz CT molecular complexity index is 596. The molecule has 0 amide bonds. The lowest BCUT2D eigenvalue weighted by Crippen LogP contribution is -2.02. The number of hydrogen-bond acceptors (Lipinski definition) is 2. The molecule has 0 radical (unpaired) electrons. The van der Waals surface area contributed by atoms with Crippen LogP contribution in [0.2, 0.25) is 5.02 Å². The molecule has 0 aliphatic heterocycles. The van der Waals surface area contributed by atoms with Gasteiger partial charge < -0.3 is 5.73 Å². The molecule has 0 fully saturated rings. The van der Waals surface area contributed by atoms with Gasteiger partial charge >= 0.3 is 0 Å². The molecule has 4 heteroatoms. The average molecular weight is 294 g/mol. The monoisotopic (exact) mass is 293 g/mol. The number of halogens is 1. The van der Waals surface area contributed by atoms with E-state index in [1.807, 2.05) is 49.4 Å². The molecule has 0 saturated carbocycles. The first-order chi connectivity index (χ1) is 9.06. The maximum absolute atomic E-state index is 12.2. The fourth-order valence-electron chi connectivity index (χ4n) is 1.85. The van der Waals surface area contributed by atoms with Crippen LogP contribution < -0.4 is 5.73 Å². The second-order valence-corrected chi connectivity index (χ2v) is 6.38. The van der Waals surface area contributed by atoms with Crippen LogP contribution in [-0.4, -0.2) is 4.21 Å². The van der Waals surface area contributed by atoms with E-state index in [4.69, 9.17) is 17.3 Å². The summed E-state index contributed by atoms with van der Waals surface area (Å²) in [6.07, 6.45) is 0. The third kappa shape index (κ3) is 3.82. The van der Waals surface area contributed by atoms with Crippen molar-refractivity contribution in [3.63, 3.8) is 0 Å². The molecule has 100 valence electrons. The molecule has 2 aromatic rings. The topological polar surface area (TPSA) is 43.1 Å². The minimum atomic E-state index is -0.946. The van der Waals surface area contributed by atoms with Crippen LogP contribution in [0.15, 0.2) is 42.5 Å². The third-order valence-corrected chi connectivity index (χ3v) is 4.59. The highest BCUT2D eigenvalue weighted by molar-refractivity contribution is 7.83. The highest BCUT2D eigenvalue weighted by Crippen LogP contribution is 2.18. The molecule has 2 rings (SSSR count). The lowest BCUT2D eigenvalue weighted by Gasteiger charge is -2.08. The summed E-state index contributed by atoms with van der Waals surface area (Å²) in [5.74, 6) is 1.06. The van der Waals surface area contributed by atoms with E-state index in [0.29, 0.717) is 16.5 Å². The summed E-state index contributed by atoms with van der Waals surface area (Å²) in [7, 11) is -0.946. The normalized spacial score (nSPS) is 12.3. The van der Waals surface area contributed by atoms with E-state index in [1.54, 1.807) is 0 Å². The highest BCUT2D eigenvalue weighted by Gasteiger charge is 2.07. The molecule has 2 nitrogen and oxygen atoms in total. The maximum Gasteiger partial charge on any atom is 0.0492 e. The van der Waals surface area contributed by atoms with Crippen LogP contribution in [0, 0.1) is 6.92 Å². The van der Waals surface area contributed by atoms with E-state index in [0.717, 1.165) is 22.4 Å². The van der Waals surface area contributed by atoms with Gasteiger partial charge in [0.25, 0.3) is 0 Å². The van der Waals surface area contributed by atoms with Crippen LogP contribution in [0.4, 0.5) is 5.69 Å². The number of nitrogen functional groups attached to an aromatic ring is 1. The zero-order valence-electron chi connectivity index (χ0n) is 10.7. The second kappa shape index (κ2) is 6.22. The fourth-order valence-corrected chi connectivity index (χ4v) is 3.30. The summed E-state index contributed by atoms with van der Waals surface area (Å²) in [5.41, 5.74) is 9.70. The van der Waals surface area contributed by atoms with Crippen molar-refractivity contribution in [2.45, 2.75) is 18.4 Å². The summed E-state index contributed by atoms with van der Waals surface area (Å²) in [5, 5.41) is 0.696.